The smallest absolute Gasteiger partial charge is 0.420 e. The third-order valence-electron chi connectivity index (χ3n) is 3.96. The number of rotatable bonds is 9. The lowest BCUT2D eigenvalue weighted by Gasteiger charge is -2.28. The monoisotopic (exact) mass is 361 g/mol. The molecular weight excluding hydrogens is 335 g/mol. The second kappa shape index (κ2) is 9.08. The lowest BCUT2D eigenvalue weighted by atomic mass is 9.96. The average Bonchev–Trinajstić information content (AvgIpc) is 2.54. The van der Waals surface area contributed by atoms with Crippen molar-refractivity contribution >= 4 is 11.6 Å². The number of methoxy groups -OCH3 is 1. The largest absolute Gasteiger partial charge is 0.496 e. The van der Waals surface area contributed by atoms with E-state index in [1.165, 1.54) is 19.2 Å². The number of hydrogen-bond acceptors (Lipinski definition) is 3. The molecule has 0 aliphatic rings. The van der Waals surface area contributed by atoms with Crippen molar-refractivity contribution in [3.8, 4) is 5.75 Å². The van der Waals surface area contributed by atoms with Crippen molar-refractivity contribution in [2.45, 2.75) is 58.2 Å². The minimum absolute atomic E-state index is 0.0551. The number of carbonyl (C=O) groups excluding carboxylic acids is 1. The first-order valence-corrected chi connectivity index (χ1v) is 8.38. The maximum absolute atomic E-state index is 13.1. The molecular formula is C18H26F3NO3. The molecule has 1 atom stereocenters. The lowest BCUT2D eigenvalue weighted by Crippen LogP contribution is -2.42. The van der Waals surface area contributed by atoms with Crippen LogP contribution in [0.25, 0.3) is 0 Å². The molecule has 1 amide bonds. The second-order valence-electron chi connectivity index (χ2n) is 5.99. The molecule has 4 nitrogen and oxygen atoms in total. The van der Waals surface area contributed by atoms with Crippen molar-refractivity contribution in [3.05, 3.63) is 23.8 Å². The van der Waals surface area contributed by atoms with Gasteiger partial charge in [0.2, 0.25) is 0 Å². The highest BCUT2D eigenvalue weighted by molar-refractivity contribution is 5.97. The van der Waals surface area contributed by atoms with Gasteiger partial charge in [0.1, 0.15) is 11.4 Å². The van der Waals surface area contributed by atoms with Crippen LogP contribution in [0.3, 0.4) is 0 Å². The van der Waals surface area contributed by atoms with E-state index >= 15 is 0 Å². The van der Waals surface area contributed by atoms with Crippen LogP contribution in [-0.4, -0.2) is 25.2 Å². The molecule has 0 fully saturated rings. The molecule has 25 heavy (non-hydrogen) atoms. The van der Waals surface area contributed by atoms with Gasteiger partial charge >= 0.3 is 6.18 Å². The zero-order valence-corrected chi connectivity index (χ0v) is 15.1. The Hall–Kier alpha value is -1.76. The number of alkyl halides is 3. The molecule has 7 heteroatoms. The average molecular weight is 361 g/mol. The van der Waals surface area contributed by atoms with E-state index in [0.29, 0.717) is 13.0 Å². The van der Waals surface area contributed by atoms with Gasteiger partial charge in [-0.2, -0.15) is 13.2 Å². The molecule has 1 unspecified atom stereocenters. The molecule has 0 bridgehead atoms. The van der Waals surface area contributed by atoms with Crippen LogP contribution in [0.1, 0.15) is 52.0 Å². The zero-order chi connectivity index (χ0) is 19.1. The highest BCUT2D eigenvalue weighted by Gasteiger charge is 2.36. The zero-order valence-electron chi connectivity index (χ0n) is 15.1. The fourth-order valence-electron chi connectivity index (χ4n) is 2.55. The number of halogens is 3. The summed E-state index contributed by atoms with van der Waals surface area (Å²) in [5, 5.41) is 2.54. The number of unbranched alkanes of at least 4 members (excludes halogenated alkanes) is 2. The molecule has 0 radical (unpaired) electrons. The van der Waals surface area contributed by atoms with E-state index in [2.05, 4.69) is 5.32 Å². The molecule has 0 saturated carbocycles. The Morgan fingerprint density at radius 1 is 1.20 bits per heavy atom. The summed E-state index contributed by atoms with van der Waals surface area (Å²) >= 11 is 0. The molecule has 0 aromatic heterocycles. The quantitative estimate of drug-likeness (QED) is 0.628. The molecule has 0 aliphatic carbocycles. The molecule has 1 aromatic rings. The van der Waals surface area contributed by atoms with Crippen molar-refractivity contribution in [3.63, 3.8) is 0 Å². The van der Waals surface area contributed by atoms with Gasteiger partial charge in [-0.25, -0.2) is 0 Å². The van der Waals surface area contributed by atoms with E-state index < -0.39 is 23.2 Å². The van der Waals surface area contributed by atoms with Crippen molar-refractivity contribution < 1.29 is 27.4 Å². The number of amides is 1. The van der Waals surface area contributed by atoms with Crippen molar-refractivity contribution in [2.75, 3.05) is 19.0 Å². The second-order valence-corrected chi connectivity index (χ2v) is 5.99. The van der Waals surface area contributed by atoms with Gasteiger partial charge in [0.05, 0.1) is 12.7 Å². The molecule has 1 rings (SSSR count). The Kier molecular flexibility index (Phi) is 7.73. The first-order chi connectivity index (χ1) is 11.7. The Balaban J connectivity index is 3.00. The van der Waals surface area contributed by atoms with Crippen LogP contribution in [0.5, 0.6) is 5.75 Å². The topological polar surface area (TPSA) is 47.6 Å². The fraction of sp³-hybridized carbons (Fsp3) is 0.611. The van der Waals surface area contributed by atoms with Gasteiger partial charge in [0, 0.05) is 12.3 Å². The first-order valence-electron chi connectivity index (χ1n) is 8.38. The van der Waals surface area contributed by atoms with Crippen LogP contribution in [0, 0.1) is 0 Å². The maximum atomic E-state index is 13.1. The Labute approximate surface area is 146 Å². The standard InChI is InChI=1S/C18H26F3NO3/c1-5-7-8-11-17(3,25-6-2)16(23)22-13-9-10-15(24-4)14(12-13)18(19,20)21/h9-10,12H,5-8,11H2,1-4H3,(H,22,23). The maximum Gasteiger partial charge on any atom is 0.420 e. The van der Waals surface area contributed by atoms with Gasteiger partial charge in [0.25, 0.3) is 5.91 Å². The summed E-state index contributed by atoms with van der Waals surface area (Å²) in [7, 11) is 1.17. The number of hydrogen-bond donors (Lipinski definition) is 1. The predicted molar refractivity (Wildman–Crippen MR) is 90.8 cm³/mol. The molecule has 0 saturated heterocycles. The normalized spacial score (nSPS) is 14.0. The molecule has 142 valence electrons. The Morgan fingerprint density at radius 2 is 1.88 bits per heavy atom. The molecule has 0 aliphatic heterocycles. The van der Waals surface area contributed by atoms with E-state index in [1.807, 2.05) is 6.92 Å². The lowest BCUT2D eigenvalue weighted by molar-refractivity contribution is -0.140. The first kappa shape index (κ1) is 21.3. The number of ether oxygens (including phenoxy) is 2. The molecule has 0 heterocycles. The van der Waals surface area contributed by atoms with Crippen LogP contribution in [0.2, 0.25) is 0 Å². The Bertz CT molecular complexity index is 575. The SMILES string of the molecule is CCCCCC(C)(OCC)C(=O)Nc1ccc(OC)c(C(F)(F)F)c1. The van der Waals surface area contributed by atoms with E-state index in [-0.39, 0.29) is 11.4 Å². The molecule has 1 aromatic carbocycles. The van der Waals surface area contributed by atoms with E-state index in [1.54, 1.807) is 13.8 Å². The predicted octanol–water partition coefficient (Wildman–Crippen LogP) is 5.03. The molecule has 0 spiro atoms. The van der Waals surface area contributed by atoms with Crippen LogP contribution >= 0.6 is 0 Å². The van der Waals surface area contributed by atoms with Crippen molar-refractivity contribution in [2.24, 2.45) is 0 Å². The van der Waals surface area contributed by atoms with Crippen LogP contribution in [0.15, 0.2) is 18.2 Å². The Morgan fingerprint density at radius 3 is 2.40 bits per heavy atom. The minimum Gasteiger partial charge on any atom is -0.496 e. The van der Waals surface area contributed by atoms with Gasteiger partial charge < -0.3 is 14.8 Å². The van der Waals surface area contributed by atoms with Gasteiger partial charge in [0.15, 0.2) is 0 Å². The van der Waals surface area contributed by atoms with Gasteiger partial charge in [-0.3, -0.25) is 4.79 Å². The summed E-state index contributed by atoms with van der Waals surface area (Å²) in [6.45, 7) is 5.83. The summed E-state index contributed by atoms with van der Waals surface area (Å²) in [4.78, 5) is 12.6. The van der Waals surface area contributed by atoms with Crippen LogP contribution in [-0.2, 0) is 15.7 Å². The number of nitrogens with one attached hydrogen (secondary N) is 1. The van der Waals surface area contributed by atoms with E-state index in [9.17, 15) is 18.0 Å². The van der Waals surface area contributed by atoms with Crippen LogP contribution < -0.4 is 10.1 Å². The van der Waals surface area contributed by atoms with Gasteiger partial charge in [-0.05, 0) is 38.5 Å². The summed E-state index contributed by atoms with van der Waals surface area (Å²) in [6.07, 6.45) is -1.32. The highest BCUT2D eigenvalue weighted by atomic mass is 19.4. The highest BCUT2D eigenvalue weighted by Crippen LogP contribution is 2.38. The third kappa shape index (κ3) is 5.92. The summed E-state index contributed by atoms with van der Waals surface area (Å²) in [5.74, 6) is -0.746. The summed E-state index contributed by atoms with van der Waals surface area (Å²) in [5.41, 5.74) is -1.96. The van der Waals surface area contributed by atoms with E-state index in [4.69, 9.17) is 9.47 Å². The van der Waals surface area contributed by atoms with Crippen LogP contribution in [0.4, 0.5) is 18.9 Å². The summed E-state index contributed by atoms with van der Waals surface area (Å²) in [6, 6.07) is 3.44. The molecule has 1 N–H and O–H groups in total. The van der Waals surface area contributed by atoms with Crippen molar-refractivity contribution in [1.29, 1.82) is 0 Å². The fourth-order valence-corrected chi connectivity index (χ4v) is 2.55. The van der Waals surface area contributed by atoms with E-state index in [0.717, 1.165) is 25.3 Å². The van der Waals surface area contributed by atoms with Gasteiger partial charge in [-0.15, -0.1) is 0 Å². The van der Waals surface area contributed by atoms with Gasteiger partial charge in [-0.1, -0.05) is 26.2 Å². The number of anilines is 1. The van der Waals surface area contributed by atoms with Crippen molar-refractivity contribution in [1.82, 2.24) is 0 Å². The number of benzene rings is 1. The third-order valence-corrected chi connectivity index (χ3v) is 3.96. The number of carbonyl (C=O) groups is 1. The summed E-state index contributed by atoms with van der Waals surface area (Å²) < 4.78 is 49.6. The minimum atomic E-state index is -4.57.